The van der Waals surface area contributed by atoms with Crippen LogP contribution in [0.5, 0.6) is 0 Å². The molecule has 26 heavy (non-hydrogen) atoms. The van der Waals surface area contributed by atoms with Gasteiger partial charge in [0.05, 0.1) is 14.8 Å². The molecule has 0 amide bonds. The van der Waals surface area contributed by atoms with Crippen LogP contribution in [0.1, 0.15) is 5.56 Å². The van der Waals surface area contributed by atoms with E-state index in [0.717, 1.165) is 5.56 Å². The van der Waals surface area contributed by atoms with Crippen LogP contribution < -0.4 is 4.90 Å². The minimum absolute atomic E-state index is 0.0765. The molecule has 0 aliphatic carbocycles. The van der Waals surface area contributed by atoms with E-state index in [4.69, 9.17) is 11.6 Å². The Balaban J connectivity index is 1.80. The highest BCUT2D eigenvalue weighted by atomic mass is 35.5. The molecule has 0 N–H and O–H groups in total. The van der Waals surface area contributed by atoms with Gasteiger partial charge in [0.25, 0.3) is 5.69 Å². The number of aryl methyl sites for hydroxylation is 1. The molecule has 9 heteroatoms. The highest BCUT2D eigenvalue weighted by molar-refractivity contribution is 7.89. The smallest absolute Gasteiger partial charge is 0.294 e. The summed E-state index contributed by atoms with van der Waals surface area (Å²) in [7, 11) is -3.58. The second-order valence-electron chi connectivity index (χ2n) is 6.07. The summed E-state index contributed by atoms with van der Waals surface area (Å²) in [6, 6.07) is 11.2. The number of piperazine rings is 1. The van der Waals surface area contributed by atoms with Crippen molar-refractivity contribution in [3.05, 3.63) is 63.2 Å². The molecule has 0 aromatic heterocycles. The van der Waals surface area contributed by atoms with Crippen LogP contribution >= 0.6 is 11.6 Å². The number of hydrogen-bond acceptors (Lipinski definition) is 5. The normalized spacial score (nSPS) is 15.8. The minimum Gasteiger partial charge on any atom is -0.362 e. The van der Waals surface area contributed by atoms with E-state index in [1.807, 2.05) is 6.92 Å². The molecule has 1 aliphatic rings. The molecule has 1 fully saturated rings. The number of nitro groups is 1. The molecule has 0 spiro atoms. The molecule has 1 saturated heterocycles. The van der Waals surface area contributed by atoms with Crippen molar-refractivity contribution in [2.75, 3.05) is 31.1 Å². The van der Waals surface area contributed by atoms with Gasteiger partial charge in [-0.1, -0.05) is 35.4 Å². The quantitative estimate of drug-likeness (QED) is 0.586. The molecule has 0 atom stereocenters. The van der Waals surface area contributed by atoms with Crippen molar-refractivity contribution in [3.63, 3.8) is 0 Å². The number of halogens is 1. The first-order chi connectivity index (χ1) is 12.3. The lowest BCUT2D eigenvalue weighted by Gasteiger charge is -2.35. The Kier molecular flexibility index (Phi) is 5.17. The molecule has 0 radical (unpaired) electrons. The molecule has 138 valence electrons. The Bertz CT molecular complexity index is 924. The van der Waals surface area contributed by atoms with Crippen LogP contribution in [-0.2, 0) is 10.0 Å². The number of benzene rings is 2. The van der Waals surface area contributed by atoms with Crippen molar-refractivity contribution in [2.24, 2.45) is 0 Å². The molecule has 1 heterocycles. The van der Waals surface area contributed by atoms with Crippen molar-refractivity contribution in [2.45, 2.75) is 11.8 Å². The van der Waals surface area contributed by atoms with Crippen molar-refractivity contribution in [1.29, 1.82) is 0 Å². The number of nitrogens with zero attached hydrogens (tertiary/aromatic N) is 3. The molecule has 0 unspecified atom stereocenters. The summed E-state index contributed by atoms with van der Waals surface area (Å²) < 4.78 is 26.9. The van der Waals surface area contributed by atoms with Gasteiger partial charge in [-0.25, -0.2) is 8.42 Å². The molecule has 1 aliphatic heterocycles. The zero-order valence-electron chi connectivity index (χ0n) is 14.1. The lowest BCUT2D eigenvalue weighted by molar-refractivity contribution is -0.384. The minimum atomic E-state index is -3.58. The number of anilines is 1. The van der Waals surface area contributed by atoms with E-state index < -0.39 is 14.9 Å². The van der Waals surface area contributed by atoms with Crippen LogP contribution in [0.15, 0.2) is 47.4 Å². The highest BCUT2D eigenvalue weighted by Gasteiger charge is 2.31. The number of hydrogen-bond donors (Lipinski definition) is 0. The van der Waals surface area contributed by atoms with E-state index in [2.05, 4.69) is 0 Å². The number of rotatable bonds is 4. The molecule has 3 rings (SSSR count). The van der Waals surface area contributed by atoms with Crippen molar-refractivity contribution in [1.82, 2.24) is 4.31 Å². The van der Waals surface area contributed by atoms with E-state index in [-0.39, 0.29) is 28.7 Å². The highest BCUT2D eigenvalue weighted by Crippen LogP contribution is 2.36. The Hall–Kier alpha value is -2.16. The summed E-state index contributed by atoms with van der Waals surface area (Å²) in [4.78, 5) is 12.8. The molecule has 2 aromatic rings. The van der Waals surface area contributed by atoms with Crippen LogP contribution in [0.25, 0.3) is 0 Å². The summed E-state index contributed by atoms with van der Waals surface area (Å²) in [5.74, 6) is 0. The molecule has 7 nitrogen and oxygen atoms in total. The lowest BCUT2D eigenvalue weighted by atomic mass is 10.2. The average Bonchev–Trinajstić information content (AvgIpc) is 2.62. The van der Waals surface area contributed by atoms with Gasteiger partial charge in [-0.3, -0.25) is 10.1 Å². The fraction of sp³-hybridized carbons (Fsp3) is 0.294. The third kappa shape index (κ3) is 3.53. The largest absolute Gasteiger partial charge is 0.362 e. The van der Waals surface area contributed by atoms with Crippen molar-refractivity contribution >= 4 is 33.0 Å². The first-order valence-electron chi connectivity index (χ1n) is 8.05. The van der Waals surface area contributed by atoms with E-state index >= 15 is 0 Å². The Morgan fingerprint density at radius 2 is 1.65 bits per heavy atom. The number of sulfonamides is 1. The van der Waals surface area contributed by atoms with Gasteiger partial charge in [-0.2, -0.15) is 4.31 Å². The molecule has 0 saturated carbocycles. The van der Waals surface area contributed by atoms with Gasteiger partial charge in [0.15, 0.2) is 0 Å². The molecular weight excluding hydrogens is 378 g/mol. The SMILES string of the molecule is Cc1ccc(S(=O)(=O)N2CCN(c3c(Cl)cccc3[N+](=O)[O-])CC2)cc1. The molecule has 0 bridgehead atoms. The topological polar surface area (TPSA) is 83.8 Å². The summed E-state index contributed by atoms with van der Waals surface area (Å²) in [6.07, 6.45) is 0. The Labute approximate surface area is 157 Å². The fourth-order valence-electron chi connectivity index (χ4n) is 2.98. The lowest BCUT2D eigenvalue weighted by Crippen LogP contribution is -2.48. The maximum Gasteiger partial charge on any atom is 0.294 e. The predicted octanol–water partition coefficient (Wildman–Crippen LogP) is 3.07. The van der Waals surface area contributed by atoms with Gasteiger partial charge < -0.3 is 4.90 Å². The zero-order chi connectivity index (χ0) is 18.9. The predicted molar refractivity (Wildman–Crippen MR) is 100 cm³/mol. The van der Waals surface area contributed by atoms with E-state index in [1.165, 1.54) is 16.4 Å². The third-order valence-electron chi connectivity index (χ3n) is 4.38. The van der Waals surface area contributed by atoms with E-state index in [9.17, 15) is 18.5 Å². The zero-order valence-corrected chi connectivity index (χ0v) is 15.7. The molecule has 2 aromatic carbocycles. The third-order valence-corrected chi connectivity index (χ3v) is 6.59. The summed E-state index contributed by atoms with van der Waals surface area (Å²) in [5.41, 5.74) is 1.25. The average molecular weight is 396 g/mol. The van der Waals surface area contributed by atoms with Crippen LogP contribution in [0.2, 0.25) is 5.02 Å². The summed E-state index contributed by atoms with van der Waals surface area (Å²) in [5, 5.41) is 11.6. The van der Waals surface area contributed by atoms with Gasteiger partial charge >= 0.3 is 0 Å². The number of para-hydroxylation sites is 1. The first kappa shape index (κ1) is 18.6. The maximum atomic E-state index is 12.8. The first-order valence-corrected chi connectivity index (χ1v) is 9.87. The second kappa shape index (κ2) is 7.22. The summed E-state index contributed by atoms with van der Waals surface area (Å²) >= 11 is 6.17. The number of nitro benzene ring substituents is 1. The van der Waals surface area contributed by atoms with Gasteiger partial charge in [0.2, 0.25) is 10.0 Å². The summed E-state index contributed by atoms with van der Waals surface area (Å²) in [6.45, 7) is 3.02. The standard InChI is InChI=1S/C17H18ClN3O4S/c1-13-5-7-14(8-6-13)26(24,25)20-11-9-19(10-12-20)17-15(18)3-2-4-16(17)21(22)23/h2-8H,9-12H2,1H3. The van der Waals surface area contributed by atoms with Gasteiger partial charge in [0, 0.05) is 32.2 Å². The van der Waals surface area contributed by atoms with Gasteiger partial charge in [-0.05, 0) is 25.1 Å². The second-order valence-corrected chi connectivity index (χ2v) is 8.41. The van der Waals surface area contributed by atoms with Crippen LogP contribution in [0, 0.1) is 17.0 Å². The van der Waals surface area contributed by atoms with E-state index in [0.29, 0.717) is 18.8 Å². The van der Waals surface area contributed by atoms with Gasteiger partial charge in [0.1, 0.15) is 5.69 Å². The van der Waals surface area contributed by atoms with E-state index in [1.54, 1.807) is 35.2 Å². The van der Waals surface area contributed by atoms with Gasteiger partial charge in [-0.15, -0.1) is 0 Å². The monoisotopic (exact) mass is 395 g/mol. The Morgan fingerprint density at radius 1 is 1.04 bits per heavy atom. The van der Waals surface area contributed by atoms with Crippen molar-refractivity contribution < 1.29 is 13.3 Å². The van der Waals surface area contributed by atoms with Crippen LogP contribution in [-0.4, -0.2) is 43.8 Å². The molecular formula is C17H18ClN3O4S. The van der Waals surface area contributed by atoms with Crippen LogP contribution in [0.3, 0.4) is 0 Å². The Morgan fingerprint density at radius 3 is 2.23 bits per heavy atom. The maximum absolute atomic E-state index is 12.8. The fourth-order valence-corrected chi connectivity index (χ4v) is 4.69. The van der Waals surface area contributed by atoms with Crippen molar-refractivity contribution in [3.8, 4) is 0 Å². The van der Waals surface area contributed by atoms with Crippen LogP contribution in [0.4, 0.5) is 11.4 Å².